The summed E-state index contributed by atoms with van der Waals surface area (Å²) in [5, 5.41) is 0.835. The Morgan fingerprint density at radius 2 is 2.07 bits per heavy atom. The van der Waals surface area contributed by atoms with Gasteiger partial charge in [0.1, 0.15) is 0 Å². The summed E-state index contributed by atoms with van der Waals surface area (Å²) in [6.07, 6.45) is 0. The van der Waals surface area contributed by atoms with Crippen molar-refractivity contribution in [3.8, 4) is 11.5 Å². The van der Waals surface area contributed by atoms with E-state index in [0.717, 1.165) is 5.01 Å². The van der Waals surface area contributed by atoms with Crippen LogP contribution >= 0.6 is 0 Å². The molecule has 1 aliphatic rings. The maximum atomic E-state index is 10.8. The summed E-state index contributed by atoms with van der Waals surface area (Å²) >= 11 is 0. The van der Waals surface area contributed by atoms with Gasteiger partial charge in [-0.1, -0.05) is 0 Å². The van der Waals surface area contributed by atoms with Crippen molar-refractivity contribution in [2.24, 2.45) is 11.6 Å². The molecule has 1 aromatic carbocycles. The average molecular weight is 195 g/mol. The highest BCUT2D eigenvalue weighted by atomic mass is 16.7. The van der Waals surface area contributed by atoms with Gasteiger partial charge in [-0.15, -0.1) is 0 Å². The van der Waals surface area contributed by atoms with Gasteiger partial charge in [0.05, 0.1) is 5.69 Å². The zero-order valence-corrected chi connectivity index (χ0v) is 7.27. The number of hydrazine groups is 1. The number of nitrogens with two attached hydrogens (primary N) is 2. The number of primary amides is 1. The Labute approximate surface area is 80.0 Å². The van der Waals surface area contributed by atoms with Crippen molar-refractivity contribution < 1.29 is 14.3 Å². The number of carbonyl (C=O) groups excluding carboxylic acids is 1. The van der Waals surface area contributed by atoms with E-state index in [4.69, 9.17) is 21.1 Å². The smallest absolute Gasteiger partial charge is 0.333 e. The number of hydrogen-bond donors (Lipinski definition) is 2. The van der Waals surface area contributed by atoms with E-state index in [1.165, 1.54) is 0 Å². The molecule has 2 rings (SSSR count). The zero-order chi connectivity index (χ0) is 10.1. The van der Waals surface area contributed by atoms with Crippen molar-refractivity contribution in [3.63, 3.8) is 0 Å². The largest absolute Gasteiger partial charge is 0.454 e. The lowest BCUT2D eigenvalue weighted by molar-refractivity contribution is 0.174. The molecule has 6 nitrogen and oxygen atoms in total. The topological polar surface area (TPSA) is 90.8 Å². The first-order valence-electron chi connectivity index (χ1n) is 3.92. The van der Waals surface area contributed by atoms with E-state index in [0.29, 0.717) is 17.2 Å². The fourth-order valence-electron chi connectivity index (χ4n) is 1.16. The first-order valence-corrected chi connectivity index (χ1v) is 3.92. The molecule has 1 aliphatic heterocycles. The van der Waals surface area contributed by atoms with E-state index >= 15 is 0 Å². The number of anilines is 1. The van der Waals surface area contributed by atoms with Crippen molar-refractivity contribution in [2.45, 2.75) is 0 Å². The molecule has 2 amide bonds. The molecule has 0 aliphatic carbocycles. The van der Waals surface area contributed by atoms with Crippen LogP contribution in [0.2, 0.25) is 0 Å². The van der Waals surface area contributed by atoms with Gasteiger partial charge in [0.25, 0.3) is 0 Å². The Bertz CT molecular complexity index is 380. The van der Waals surface area contributed by atoms with E-state index in [1.807, 2.05) is 0 Å². The summed E-state index contributed by atoms with van der Waals surface area (Å²) in [5.74, 6) is 6.58. The van der Waals surface area contributed by atoms with E-state index in [-0.39, 0.29) is 6.79 Å². The van der Waals surface area contributed by atoms with Gasteiger partial charge >= 0.3 is 6.03 Å². The molecule has 0 bridgehead atoms. The van der Waals surface area contributed by atoms with Crippen LogP contribution in [0.3, 0.4) is 0 Å². The summed E-state index contributed by atoms with van der Waals surface area (Å²) in [4.78, 5) is 10.8. The molecular formula is C8H9N3O3. The Morgan fingerprint density at radius 3 is 2.79 bits per heavy atom. The lowest BCUT2D eigenvalue weighted by Gasteiger charge is -2.13. The third-order valence-corrected chi connectivity index (χ3v) is 1.87. The maximum Gasteiger partial charge on any atom is 0.333 e. The third kappa shape index (κ3) is 1.31. The van der Waals surface area contributed by atoms with Crippen LogP contribution in [0, 0.1) is 0 Å². The van der Waals surface area contributed by atoms with Crippen LogP contribution in [0.1, 0.15) is 0 Å². The summed E-state index contributed by atoms with van der Waals surface area (Å²) in [6.45, 7) is 0.180. The first kappa shape index (κ1) is 8.64. The molecule has 1 aromatic rings. The summed E-state index contributed by atoms with van der Waals surface area (Å²) in [6, 6.07) is 4.15. The number of benzene rings is 1. The van der Waals surface area contributed by atoms with Gasteiger partial charge in [0.2, 0.25) is 6.79 Å². The fourth-order valence-corrected chi connectivity index (χ4v) is 1.16. The van der Waals surface area contributed by atoms with Crippen LogP contribution in [0.25, 0.3) is 0 Å². The predicted molar refractivity (Wildman–Crippen MR) is 48.8 cm³/mol. The van der Waals surface area contributed by atoms with Gasteiger partial charge in [0, 0.05) is 6.07 Å². The normalized spacial score (nSPS) is 12.6. The molecule has 0 spiro atoms. The predicted octanol–water partition coefficient (Wildman–Crippen LogP) is 0.174. The van der Waals surface area contributed by atoms with Crippen molar-refractivity contribution in [2.75, 3.05) is 11.8 Å². The van der Waals surface area contributed by atoms with Crippen molar-refractivity contribution in [3.05, 3.63) is 18.2 Å². The van der Waals surface area contributed by atoms with Gasteiger partial charge in [0.15, 0.2) is 11.5 Å². The molecule has 0 unspecified atom stereocenters. The number of hydrogen-bond acceptors (Lipinski definition) is 4. The number of nitrogens with zero attached hydrogens (tertiary/aromatic N) is 1. The summed E-state index contributed by atoms with van der Waals surface area (Å²) < 4.78 is 10.2. The Kier molecular flexibility index (Phi) is 1.90. The fraction of sp³-hybridized carbons (Fsp3) is 0.125. The van der Waals surface area contributed by atoms with Gasteiger partial charge in [-0.05, 0) is 12.1 Å². The van der Waals surface area contributed by atoms with E-state index in [9.17, 15) is 4.79 Å². The SMILES string of the molecule is NC(=O)N(N)c1ccc2c(c1)OCO2. The second kappa shape index (κ2) is 3.08. The summed E-state index contributed by atoms with van der Waals surface area (Å²) in [5.41, 5.74) is 5.46. The molecule has 74 valence electrons. The number of carbonyl (C=O) groups is 1. The van der Waals surface area contributed by atoms with Crippen LogP contribution in [0.5, 0.6) is 11.5 Å². The lowest BCUT2D eigenvalue weighted by Crippen LogP contribution is -2.41. The van der Waals surface area contributed by atoms with Crippen LogP contribution < -0.4 is 26.1 Å². The van der Waals surface area contributed by atoms with Gasteiger partial charge in [-0.2, -0.15) is 0 Å². The molecule has 6 heteroatoms. The maximum absolute atomic E-state index is 10.8. The van der Waals surface area contributed by atoms with E-state index in [1.54, 1.807) is 18.2 Å². The van der Waals surface area contributed by atoms with Crippen LogP contribution in [-0.2, 0) is 0 Å². The number of ether oxygens (including phenoxy) is 2. The zero-order valence-electron chi connectivity index (χ0n) is 7.27. The van der Waals surface area contributed by atoms with E-state index < -0.39 is 6.03 Å². The average Bonchev–Trinajstić information content (AvgIpc) is 2.62. The molecule has 0 atom stereocenters. The molecule has 0 aromatic heterocycles. The molecule has 4 N–H and O–H groups in total. The van der Waals surface area contributed by atoms with Gasteiger partial charge in [-0.3, -0.25) is 0 Å². The highest BCUT2D eigenvalue weighted by Gasteiger charge is 2.16. The molecule has 0 radical (unpaired) electrons. The highest BCUT2D eigenvalue weighted by Crippen LogP contribution is 2.34. The molecule has 0 saturated carbocycles. The number of urea groups is 1. The minimum atomic E-state index is -0.733. The second-order valence-electron chi connectivity index (χ2n) is 2.75. The summed E-state index contributed by atoms with van der Waals surface area (Å²) in [7, 11) is 0. The third-order valence-electron chi connectivity index (χ3n) is 1.87. The van der Waals surface area contributed by atoms with Crippen LogP contribution in [-0.4, -0.2) is 12.8 Å². The van der Waals surface area contributed by atoms with Crippen molar-refractivity contribution in [1.29, 1.82) is 0 Å². The van der Waals surface area contributed by atoms with E-state index in [2.05, 4.69) is 0 Å². The molecule has 0 fully saturated rings. The van der Waals surface area contributed by atoms with Crippen LogP contribution in [0.4, 0.5) is 10.5 Å². The van der Waals surface area contributed by atoms with Crippen molar-refractivity contribution >= 4 is 11.7 Å². The highest BCUT2D eigenvalue weighted by molar-refractivity contribution is 5.89. The molecule has 0 saturated heterocycles. The molecular weight excluding hydrogens is 186 g/mol. The minimum Gasteiger partial charge on any atom is -0.454 e. The first-order chi connectivity index (χ1) is 6.68. The Hall–Kier alpha value is -1.95. The second-order valence-corrected chi connectivity index (χ2v) is 2.75. The standard InChI is InChI=1S/C8H9N3O3/c9-8(12)11(10)5-1-2-6-7(3-5)14-4-13-6/h1-3H,4,10H2,(H2,9,12). The van der Waals surface area contributed by atoms with Gasteiger partial charge < -0.3 is 15.2 Å². The number of fused-ring (bicyclic) bond motifs is 1. The monoisotopic (exact) mass is 195 g/mol. The Morgan fingerprint density at radius 1 is 1.36 bits per heavy atom. The minimum absolute atomic E-state index is 0.180. The number of amides is 2. The Balaban J connectivity index is 2.33. The quantitative estimate of drug-likeness (QED) is 0.379. The molecule has 14 heavy (non-hydrogen) atoms. The van der Waals surface area contributed by atoms with Gasteiger partial charge in [-0.25, -0.2) is 15.6 Å². The lowest BCUT2D eigenvalue weighted by atomic mass is 10.3. The van der Waals surface area contributed by atoms with Crippen LogP contribution in [0.15, 0.2) is 18.2 Å². The van der Waals surface area contributed by atoms with Crippen molar-refractivity contribution in [1.82, 2.24) is 0 Å². The number of rotatable bonds is 1. The molecule has 1 heterocycles.